The Kier molecular flexibility index (Phi) is 7.04. The van der Waals surface area contributed by atoms with Gasteiger partial charge in [0.15, 0.2) is 0 Å². The van der Waals surface area contributed by atoms with Gasteiger partial charge in [0.1, 0.15) is 6.04 Å². The summed E-state index contributed by atoms with van der Waals surface area (Å²) < 4.78 is 4.53. The number of esters is 1. The Labute approximate surface area is 111 Å². The average Bonchev–Trinajstić information content (AvgIpc) is 2.36. The van der Waals surface area contributed by atoms with Crippen LogP contribution in [0.25, 0.3) is 0 Å². The second kappa shape index (κ2) is 7.97. The van der Waals surface area contributed by atoms with E-state index < -0.39 is 29.9 Å². The van der Waals surface area contributed by atoms with Crippen molar-refractivity contribution in [3.63, 3.8) is 0 Å². The van der Waals surface area contributed by atoms with Crippen molar-refractivity contribution in [2.45, 2.75) is 19.4 Å². The molecule has 0 saturated carbocycles. The van der Waals surface area contributed by atoms with E-state index in [0.717, 1.165) is 0 Å². The molecule has 7 nitrogen and oxygen atoms in total. The van der Waals surface area contributed by atoms with Gasteiger partial charge < -0.3 is 20.1 Å². The molecule has 0 bridgehead atoms. The second-order valence-corrected chi connectivity index (χ2v) is 4.05. The number of rotatable bonds is 6. The SMILES string of the molecule is C#CCC(NC(=O)N(C)CC(C)C(=O)OC)C(=O)O. The first-order valence-electron chi connectivity index (χ1n) is 5.59. The van der Waals surface area contributed by atoms with Crippen LogP contribution in [0.15, 0.2) is 0 Å². The van der Waals surface area contributed by atoms with Gasteiger partial charge in [0.25, 0.3) is 0 Å². The van der Waals surface area contributed by atoms with Gasteiger partial charge in [0.2, 0.25) is 0 Å². The molecule has 0 aromatic rings. The fraction of sp³-hybridized carbons (Fsp3) is 0.583. The number of methoxy groups -OCH3 is 1. The number of terminal acetylenes is 1. The lowest BCUT2D eigenvalue weighted by atomic mass is 10.2. The van der Waals surface area contributed by atoms with Crippen molar-refractivity contribution in [3.05, 3.63) is 0 Å². The van der Waals surface area contributed by atoms with Crippen LogP contribution in [0.2, 0.25) is 0 Å². The number of nitrogens with zero attached hydrogens (tertiary/aromatic N) is 1. The first-order chi connectivity index (χ1) is 8.83. The lowest BCUT2D eigenvalue weighted by molar-refractivity contribution is -0.145. The van der Waals surface area contributed by atoms with E-state index in [9.17, 15) is 14.4 Å². The van der Waals surface area contributed by atoms with Crippen molar-refractivity contribution in [3.8, 4) is 12.3 Å². The van der Waals surface area contributed by atoms with E-state index in [-0.39, 0.29) is 13.0 Å². The summed E-state index contributed by atoms with van der Waals surface area (Å²) in [6.07, 6.45) is 4.91. The predicted octanol–water partition coefficient (Wildman–Crippen LogP) is -0.0866. The van der Waals surface area contributed by atoms with Crippen molar-refractivity contribution in [2.75, 3.05) is 20.7 Å². The van der Waals surface area contributed by atoms with E-state index in [1.165, 1.54) is 19.1 Å². The summed E-state index contributed by atoms with van der Waals surface area (Å²) in [5.74, 6) is 0.0164. The molecule has 0 heterocycles. The molecule has 0 aliphatic carbocycles. The molecule has 19 heavy (non-hydrogen) atoms. The minimum absolute atomic E-state index is 0.110. The van der Waals surface area contributed by atoms with Gasteiger partial charge in [-0.25, -0.2) is 9.59 Å². The molecule has 2 atom stereocenters. The van der Waals surface area contributed by atoms with E-state index in [2.05, 4.69) is 16.0 Å². The molecule has 2 N–H and O–H groups in total. The number of hydrogen-bond acceptors (Lipinski definition) is 4. The lowest BCUT2D eigenvalue weighted by Crippen LogP contribution is -2.48. The molecular weight excluding hydrogens is 252 g/mol. The molecule has 0 spiro atoms. The maximum Gasteiger partial charge on any atom is 0.327 e. The molecule has 0 aromatic carbocycles. The largest absolute Gasteiger partial charge is 0.480 e. The number of amides is 2. The van der Waals surface area contributed by atoms with Crippen LogP contribution in [0.5, 0.6) is 0 Å². The normalized spacial score (nSPS) is 12.7. The summed E-state index contributed by atoms with van der Waals surface area (Å²) in [5.41, 5.74) is 0. The summed E-state index contributed by atoms with van der Waals surface area (Å²) in [6.45, 7) is 1.71. The molecule has 0 aliphatic heterocycles. The van der Waals surface area contributed by atoms with Crippen LogP contribution in [0.1, 0.15) is 13.3 Å². The summed E-state index contributed by atoms with van der Waals surface area (Å²) >= 11 is 0. The van der Waals surface area contributed by atoms with E-state index in [1.54, 1.807) is 6.92 Å². The van der Waals surface area contributed by atoms with Crippen molar-refractivity contribution in [1.29, 1.82) is 0 Å². The predicted molar refractivity (Wildman–Crippen MR) is 67.2 cm³/mol. The van der Waals surface area contributed by atoms with Crippen LogP contribution >= 0.6 is 0 Å². The number of carboxylic acid groups (broad SMARTS) is 1. The highest BCUT2D eigenvalue weighted by molar-refractivity contribution is 5.83. The van der Waals surface area contributed by atoms with Crippen LogP contribution in [0, 0.1) is 18.3 Å². The topological polar surface area (TPSA) is 95.9 Å². The van der Waals surface area contributed by atoms with Gasteiger partial charge in [-0.2, -0.15) is 0 Å². The fourth-order valence-corrected chi connectivity index (χ4v) is 1.35. The lowest BCUT2D eigenvalue weighted by Gasteiger charge is -2.22. The molecule has 7 heteroatoms. The zero-order chi connectivity index (χ0) is 15.0. The third-order valence-electron chi connectivity index (χ3n) is 2.42. The van der Waals surface area contributed by atoms with Crippen molar-refractivity contribution < 1.29 is 24.2 Å². The van der Waals surface area contributed by atoms with Crippen molar-refractivity contribution in [1.82, 2.24) is 10.2 Å². The maximum absolute atomic E-state index is 11.7. The summed E-state index contributed by atoms with van der Waals surface area (Å²) in [4.78, 5) is 34.9. The Balaban J connectivity index is 4.45. The van der Waals surface area contributed by atoms with Crippen LogP contribution in [0.4, 0.5) is 4.79 Å². The van der Waals surface area contributed by atoms with Crippen LogP contribution in [-0.4, -0.2) is 54.7 Å². The van der Waals surface area contributed by atoms with E-state index in [4.69, 9.17) is 11.5 Å². The van der Waals surface area contributed by atoms with Gasteiger partial charge in [-0.15, -0.1) is 12.3 Å². The van der Waals surface area contributed by atoms with Gasteiger partial charge >= 0.3 is 18.0 Å². The van der Waals surface area contributed by atoms with Gasteiger partial charge in [-0.3, -0.25) is 4.79 Å². The molecule has 0 saturated heterocycles. The van der Waals surface area contributed by atoms with Crippen LogP contribution < -0.4 is 5.32 Å². The minimum Gasteiger partial charge on any atom is -0.480 e. The van der Waals surface area contributed by atoms with Gasteiger partial charge in [-0.05, 0) is 0 Å². The average molecular weight is 270 g/mol. The molecule has 2 amide bonds. The number of nitrogens with one attached hydrogen (secondary N) is 1. The first-order valence-corrected chi connectivity index (χ1v) is 5.59. The highest BCUT2D eigenvalue weighted by Gasteiger charge is 2.23. The molecule has 0 fully saturated rings. The molecule has 0 aliphatic rings. The number of carbonyl (C=O) groups is 3. The highest BCUT2D eigenvalue weighted by Crippen LogP contribution is 2.02. The molecule has 0 radical (unpaired) electrons. The third kappa shape index (κ3) is 5.77. The fourth-order valence-electron chi connectivity index (χ4n) is 1.35. The molecule has 2 unspecified atom stereocenters. The van der Waals surface area contributed by atoms with Crippen LogP contribution in [0.3, 0.4) is 0 Å². The standard InChI is InChI=1S/C12H18N2O5/c1-5-6-9(10(15)16)13-12(18)14(3)7-8(2)11(17)19-4/h1,8-9H,6-7H2,2-4H3,(H,13,18)(H,15,16). The van der Waals surface area contributed by atoms with Gasteiger partial charge in [0.05, 0.1) is 13.0 Å². The van der Waals surface area contributed by atoms with Crippen molar-refractivity contribution >= 4 is 18.0 Å². The Morgan fingerprint density at radius 1 is 1.47 bits per heavy atom. The zero-order valence-electron chi connectivity index (χ0n) is 11.2. The Bertz CT molecular complexity index is 388. The molecule has 0 rings (SSSR count). The summed E-state index contributed by atoms with van der Waals surface area (Å²) in [7, 11) is 2.70. The number of urea groups is 1. The Hall–Kier alpha value is -2.23. The number of carbonyl (C=O) groups excluding carboxylic acids is 2. The smallest absolute Gasteiger partial charge is 0.327 e. The molecule has 106 valence electrons. The quantitative estimate of drug-likeness (QED) is 0.519. The maximum atomic E-state index is 11.7. The second-order valence-electron chi connectivity index (χ2n) is 4.05. The first kappa shape index (κ1) is 16.8. The van der Waals surface area contributed by atoms with E-state index in [1.807, 2.05) is 0 Å². The Morgan fingerprint density at radius 2 is 2.05 bits per heavy atom. The monoisotopic (exact) mass is 270 g/mol. The molecular formula is C12H18N2O5. The van der Waals surface area contributed by atoms with Gasteiger partial charge in [-0.1, -0.05) is 6.92 Å². The number of carboxylic acids is 1. The number of ether oxygens (including phenoxy) is 1. The van der Waals surface area contributed by atoms with E-state index in [0.29, 0.717) is 0 Å². The highest BCUT2D eigenvalue weighted by atomic mass is 16.5. The van der Waals surface area contributed by atoms with Crippen LogP contribution in [-0.2, 0) is 14.3 Å². The Morgan fingerprint density at radius 3 is 2.47 bits per heavy atom. The summed E-state index contributed by atoms with van der Waals surface area (Å²) in [5, 5.41) is 11.1. The number of aliphatic carboxylic acids is 1. The van der Waals surface area contributed by atoms with E-state index >= 15 is 0 Å². The number of hydrogen-bond donors (Lipinski definition) is 2. The zero-order valence-corrected chi connectivity index (χ0v) is 11.2. The van der Waals surface area contributed by atoms with Crippen molar-refractivity contribution in [2.24, 2.45) is 5.92 Å². The minimum atomic E-state index is -1.21. The third-order valence-corrected chi connectivity index (χ3v) is 2.42. The van der Waals surface area contributed by atoms with Gasteiger partial charge in [0, 0.05) is 20.0 Å². The molecule has 0 aromatic heterocycles. The summed E-state index contributed by atoms with van der Waals surface area (Å²) in [6, 6.07) is -1.76.